The lowest BCUT2D eigenvalue weighted by atomic mass is 10.2. The summed E-state index contributed by atoms with van der Waals surface area (Å²) in [5.41, 5.74) is 0.898. The van der Waals surface area contributed by atoms with E-state index in [0.29, 0.717) is 12.4 Å². The van der Waals surface area contributed by atoms with Crippen LogP contribution in [0.1, 0.15) is 5.56 Å². The van der Waals surface area contributed by atoms with Crippen LogP contribution < -0.4 is 4.74 Å². The maximum atomic E-state index is 9.27. The molecule has 2 aromatic carbocycles. The number of hydrogen-bond donors (Lipinski definition) is 3. The number of ether oxygens (including phenoxy) is 1. The molecule has 0 amide bonds. The molecule has 3 N–H and O–H groups in total. The molecule has 0 aromatic heterocycles. The Balaban J connectivity index is 2.02. The molecule has 4 nitrogen and oxygen atoms in total. The number of phenolic OH excluding ortho intramolecular Hbond substituents is 3. The first-order chi connectivity index (χ1) is 8.15. The van der Waals surface area contributed by atoms with E-state index < -0.39 is 0 Å². The molecule has 0 saturated carbocycles. The Kier molecular flexibility index (Phi) is 3.05. The topological polar surface area (TPSA) is 69.9 Å². The Morgan fingerprint density at radius 2 is 1.53 bits per heavy atom. The Bertz CT molecular complexity index is 505. The smallest absolute Gasteiger partial charge is 0.161 e. The van der Waals surface area contributed by atoms with Crippen LogP contribution in [0.2, 0.25) is 0 Å². The van der Waals surface area contributed by atoms with Crippen LogP contribution in [0.15, 0.2) is 42.5 Å². The zero-order chi connectivity index (χ0) is 12.3. The first-order valence-corrected chi connectivity index (χ1v) is 5.08. The van der Waals surface area contributed by atoms with Crippen molar-refractivity contribution in [3.63, 3.8) is 0 Å². The molecule has 0 aliphatic rings. The molecule has 0 bridgehead atoms. The van der Waals surface area contributed by atoms with Crippen molar-refractivity contribution < 1.29 is 20.1 Å². The van der Waals surface area contributed by atoms with Gasteiger partial charge in [0.1, 0.15) is 18.1 Å². The summed E-state index contributed by atoms with van der Waals surface area (Å²) < 4.78 is 5.41. The number of aromatic hydroxyl groups is 3. The Morgan fingerprint density at radius 1 is 0.824 bits per heavy atom. The zero-order valence-corrected chi connectivity index (χ0v) is 9.00. The van der Waals surface area contributed by atoms with Crippen LogP contribution in [0.5, 0.6) is 23.0 Å². The van der Waals surface area contributed by atoms with Gasteiger partial charge < -0.3 is 20.1 Å². The van der Waals surface area contributed by atoms with Gasteiger partial charge in [0.15, 0.2) is 11.5 Å². The number of benzene rings is 2. The van der Waals surface area contributed by atoms with Crippen molar-refractivity contribution in [2.24, 2.45) is 0 Å². The van der Waals surface area contributed by atoms with E-state index in [4.69, 9.17) is 14.9 Å². The van der Waals surface area contributed by atoms with Gasteiger partial charge in [0.2, 0.25) is 0 Å². The molecule has 0 radical (unpaired) electrons. The molecule has 0 fully saturated rings. The summed E-state index contributed by atoms with van der Waals surface area (Å²) in [6.07, 6.45) is 0. The average molecular weight is 232 g/mol. The van der Waals surface area contributed by atoms with Crippen LogP contribution in [0.3, 0.4) is 0 Å². The quantitative estimate of drug-likeness (QED) is 0.710. The van der Waals surface area contributed by atoms with Crippen molar-refractivity contribution in [2.75, 3.05) is 0 Å². The van der Waals surface area contributed by atoms with Gasteiger partial charge in [0, 0.05) is 6.07 Å². The first-order valence-electron chi connectivity index (χ1n) is 5.08. The Morgan fingerprint density at radius 3 is 2.18 bits per heavy atom. The van der Waals surface area contributed by atoms with E-state index in [1.54, 1.807) is 30.3 Å². The molecule has 0 saturated heterocycles. The van der Waals surface area contributed by atoms with Crippen molar-refractivity contribution in [1.29, 1.82) is 0 Å². The van der Waals surface area contributed by atoms with Crippen molar-refractivity contribution in [1.82, 2.24) is 0 Å². The standard InChI is InChI=1S/C13H12O4/c14-10-3-1-9(2-4-10)8-17-11-5-6-12(15)13(16)7-11/h1-7,14-16H,8H2. The Labute approximate surface area is 98.3 Å². The van der Waals surface area contributed by atoms with Gasteiger partial charge in [0.05, 0.1) is 0 Å². The van der Waals surface area contributed by atoms with E-state index in [9.17, 15) is 5.11 Å². The third kappa shape index (κ3) is 2.81. The summed E-state index contributed by atoms with van der Waals surface area (Å²) in [4.78, 5) is 0. The fourth-order valence-electron chi connectivity index (χ4n) is 1.35. The highest BCUT2D eigenvalue weighted by atomic mass is 16.5. The summed E-state index contributed by atoms with van der Waals surface area (Å²) in [6.45, 7) is 0.324. The Hall–Kier alpha value is -2.36. The minimum absolute atomic E-state index is 0.179. The minimum atomic E-state index is -0.215. The van der Waals surface area contributed by atoms with Gasteiger partial charge in [0.25, 0.3) is 0 Å². The molecular weight excluding hydrogens is 220 g/mol. The van der Waals surface area contributed by atoms with E-state index in [1.165, 1.54) is 12.1 Å². The molecule has 2 rings (SSSR count). The third-order valence-corrected chi connectivity index (χ3v) is 2.29. The zero-order valence-electron chi connectivity index (χ0n) is 9.00. The second kappa shape index (κ2) is 4.65. The molecule has 4 heteroatoms. The number of phenols is 3. The van der Waals surface area contributed by atoms with Crippen molar-refractivity contribution in [3.8, 4) is 23.0 Å². The van der Waals surface area contributed by atoms with Gasteiger partial charge in [-0.05, 0) is 29.8 Å². The lowest BCUT2D eigenvalue weighted by molar-refractivity contribution is 0.302. The van der Waals surface area contributed by atoms with Gasteiger partial charge in [-0.25, -0.2) is 0 Å². The number of rotatable bonds is 3. The van der Waals surface area contributed by atoms with Crippen LogP contribution in [0.25, 0.3) is 0 Å². The van der Waals surface area contributed by atoms with Gasteiger partial charge in [-0.1, -0.05) is 12.1 Å². The summed E-state index contributed by atoms with van der Waals surface area (Å²) in [6, 6.07) is 10.9. The molecular formula is C13H12O4. The monoisotopic (exact) mass is 232 g/mol. The van der Waals surface area contributed by atoms with E-state index in [0.717, 1.165) is 5.56 Å². The summed E-state index contributed by atoms with van der Waals surface area (Å²) in [7, 11) is 0. The van der Waals surface area contributed by atoms with E-state index >= 15 is 0 Å². The molecule has 0 aliphatic carbocycles. The molecule has 0 heterocycles. The maximum Gasteiger partial charge on any atom is 0.161 e. The lowest BCUT2D eigenvalue weighted by Gasteiger charge is -2.07. The largest absolute Gasteiger partial charge is 0.508 e. The molecule has 88 valence electrons. The normalized spacial score (nSPS) is 10.1. The lowest BCUT2D eigenvalue weighted by Crippen LogP contribution is -1.94. The maximum absolute atomic E-state index is 9.27. The van der Waals surface area contributed by atoms with Gasteiger partial charge in [-0.15, -0.1) is 0 Å². The molecule has 0 aliphatic heterocycles. The SMILES string of the molecule is Oc1ccc(COc2ccc(O)c(O)c2)cc1. The van der Waals surface area contributed by atoms with E-state index in [1.807, 2.05) is 0 Å². The van der Waals surface area contributed by atoms with Gasteiger partial charge in [-0.2, -0.15) is 0 Å². The van der Waals surface area contributed by atoms with Crippen molar-refractivity contribution in [2.45, 2.75) is 6.61 Å². The van der Waals surface area contributed by atoms with Gasteiger partial charge in [-0.3, -0.25) is 0 Å². The van der Waals surface area contributed by atoms with Gasteiger partial charge >= 0.3 is 0 Å². The predicted molar refractivity (Wildman–Crippen MR) is 62.2 cm³/mol. The molecule has 0 unspecified atom stereocenters. The second-order valence-corrected chi connectivity index (χ2v) is 3.61. The van der Waals surface area contributed by atoms with Crippen molar-refractivity contribution in [3.05, 3.63) is 48.0 Å². The summed E-state index contributed by atoms with van der Waals surface area (Å²) >= 11 is 0. The summed E-state index contributed by atoms with van der Waals surface area (Å²) in [5, 5.41) is 27.5. The number of hydrogen-bond acceptors (Lipinski definition) is 4. The molecule has 17 heavy (non-hydrogen) atoms. The predicted octanol–water partition coefficient (Wildman–Crippen LogP) is 2.38. The molecule has 0 atom stereocenters. The summed E-state index contributed by atoms with van der Waals surface area (Å²) in [5.74, 6) is 0.277. The van der Waals surface area contributed by atoms with Crippen LogP contribution in [0.4, 0.5) is 0 Å². The molecule has 0 spiro atoms. The average Bonchev–Trinajstić information content (AvgIpc) is 2.33. The van der Waals surface area contributed by atoms with Crippen LogP contribution in [-0.2, 0) is 6.61 Å². The van der Waals surface area contributed by atoms with Crippen molar-refractivity contribution >= 4 is 0 Å². The van der Waals surface area contributed by atoms with E-state index in [-0.39, 0.29) is 17.2 Å². The van der Waals surface area contributed by atoms with E-state index in [2.05, 4.69) is 0 Å². The minimum Gasteiger partial charge on any atom is -0.508 e. The first kappa shape index (κ1) is 11.1. The fraction of sp³-hybridized carbons (Fsp3) is 0.0769. The second-order valence-electron chi connectivity index (χ2n) is 3.61. The highest BCUT2D eigenvalue weighted by Crippen LogP contribution is 2.29. The van der Waals surface area contributed by atoms with Crippen LogP contribution >= 0.6 is 0 Å². The highest BCUT2D eigenvalue weighted by Gasteiger charge is 2.01. The fourth-order valence-corrected chi connectivity index (χ4v) is 1.35. The van der Waals surface area contributed by atoms with Crippen LogP contribution in [-0.4, -0.2) is 15.3 Å². The molecule has 2 aromatic rings. The third-order valence-electron chi connectivity index (χ3n) is 2.29. The van der Waals surface area contributed by atoms with Crippen LogP contribution in [0, 0.1) is 0 Å². The highest BCUT2D eigenvalue weighted by molar-refractivity contribution is 5.43.